The number of hydrogen-bond donors (Lipinski definition) is 1. The molecule has 146 valence electrons. The Morgan fingerprint density at radius 2 is 2.04 bits per heavy atom. The van der Waals surface area contributed by atoms with Crippen molar-refractivity contribution < 1.29 is 4.42 Å². The number of anilines is 1. The third-order valence-electron chi connectivity index (χ3n) is 5.55. The van der Waals surface area contributed by atoms with Crippen molar-refractivity contribution in [1.29, 1.82) is 0 Å². The normalized spacial score (nSPS) is 14.4. The standard InChI is InChI=1S/C22H26N4O2/c1-4-5-20-24-10-15-11-26(7-6-18(15)25-20)12-17-21(27)16-8-13(2)14(3)9-19(16)28-22(17)23/h8-10H,4-7,11-12,23H2,1-3H3. The SMILES string of the molecule is CCCc1ncc2c(n1)CCN(Cc1c(N)oc3cc(C)c(C)cc3c1=O)C2. The van der Waals surface area contributed by atoms with E-state index in [-0.39, 0.29) is 11.3 Å². The number of nitrogens with zero attached hydrogens (tertiary/aromatic N) is 3. The number of aryl methyl sites for hydroxylation is 3. The van der Waals surface area contributed by atoms with Crippen molar-refractivity contribution in [2.45, 2.75) is 53.1 Å². The van der Waals surface area contributed by atoms with E-state index in [1.165, 1.54) is 0 Å². The second kappa shape index (κ2) is 7.36. The first-order valence-electron chi connectivity index (χ1n) is 9.84. The summed E-state index contributed by atoms with van der Waals surface area (Å²) < 4.78 is 5.79. The Morgan fingerprint density at radius 1 is 1.25 bits per heavy atom. The zero-order valence-electron chi connectivity index (χ0n) is 16.7. The fraction of sp³-hybridized carbons (Fsp3) is 0.409. The minimum atomic E-state index is -0.0396. The van der Waals surface area contributed by atoms with Crippen molar-refractivity contribution in [1.82, 2.24) is 14.9 Å². The molecule has 0 atom stereocenters. The van der Waals surface area contributed by atoms with Gasteiger partial charge in [-0.2, -0.15) is 0 Å². The minimum absolute atomic E-state index is 0.0396. The summed E-state index contributed by atoms with van der Waals surface area (Å²) >= 11 is 0. The van der Waals surface area contributed by atoms with Gasteiger partial charge in [0.25, 0.3) is 0 Å². The number of nitrogen functional groups attached to an aromatic ring is 1. The van der Waals surface area contributed by atoms with Gasteiger partial charge in [0.15, 0.2) is 11.3 Å². The second-order valence-corrected chi connectivity index (χ2v) is 7.68. The van der Waals surface area contributed by atoms with Crippen LogP contribution in [0, 0.1) is 13.8 Å². The number of benzene rings is 1. The fourth-order valence-corrected chi connectivity index (χ4v) is 3.77. The molecule has 0 saturated carbocycles. The first-order valence-corrected chi connectivity index (χ1v) is 9.84. The Bertz CT molecular complexity index is 1100. The maximum atomic E-state index is 13.1. The van der Waals surface area contributed by atoms with Gasteiger partial charge in [-0.1, -0.05) is 6.92 Å². The summed E-state index contributed by atoms with van der Waals surface area (Å²) in [6, 6.07) is 3.78. The first kappa shape index (κ1) is 18.6. The van der Waals surface area contributed by atoms with Crippen LogP contribution in [0.25, 0.3) is 11.0 Å². The van der Waals surface area contributed by atoms with Crippen molar-refractivity contribution in [2.24, 2.45) is 0 Å². The lowest BCUT2D eigenvalue weighted by molar-refractivity contribution is 0.241. The van der Waals surface area contributed by atoms with Gasteiger partial charge >= 0.3 is 0 Å². The van der Waals surface area contributed by atoms with Gasteiger partial charge in [-0.05, 0) is 43.5 Å². The van der Waals surface area contributed by atoms with Crippen molar-refractivity contribution in [3.8, 4) is 0 Å². The van der Waals surface area contributed by atoms with Crippen LogP contribution in [0.3, 0.4) is 0 Å². The van der Waals surface area contributed by atoms with E-state index in [2.05, 4.69) is 16.8 Å². The number of rotatable bonds is 4. The third kappa shape index (κ3) is 3.40. The Morgan fingerprint density at radius 3 is 2.82 bits per heavy atom. The van der Waals surface area contributed by atoms with Crippen LogP contribution in [0.1, 0.15) is 47.1 Å². The van der Waals surface area contributed by atoms with Crippen LogP contribution in [0.2, 0.25) is 0 Å². The van der Waals surface area contributed by atoms with Gasteiger partial charge < -0.3 is 10.2 Å². The molecule has 0 unspecified atom stereocenters. The van der Waals surface area contributed by atoms with Gasteiger partial charge in [-0.15, -0.1) is 0 Å². The molecule has 1 aliphatic rings. The molecular weight excluding hydrogens is 352 g/mol. The molecule has 4 rings (SSSR count). The maximum Gasteiger partial charge on any atom is 0.199 e. The van der Waals surface area contributed by atoms with Crippen LogP contribution < -0.4 is 11.2 Å². The predicted molar refractivity (Wildman–Crippen MR) is 110 cm³/mol. The highest BCUT2D eigenvalue weighted by atomic mass is 16.3. The van der Waals surface area contributed by atoms with Gasteiger partial charge in [-0.25, -0.2) is 9.97 Å². The quantitative estimate of drug-likeness (QED) is 0.750. The van der Waals surface area contributed by atoms with Gasteiger partial charge in [0.2, 0.25) is 0 Å². The molecule has 1 aromatic carbocycles. The van der Waals surface area contributed by atoms with E-state index in [0.717, 1.165) is 54.0 Å². The summed E-state index contributed by atoms with van der Waals surface area (Å²) in [5, 5.41) is 0.595. The highest BCUT2D eigenvalue weighted by molar-refractivity contribution is 5.80. The van der Waals surface area contributed by atoms with E-state index in [9.17, 15) is 4.79 Å². The molecule has 6 heteroatoms. The molecule has 2 N–H and O–H groups in total. The Kier molecular flexibility index (Phi) is 4.89. The number of hydrogen-bond acceptors (Lipinski definition) is 6. The summed E-state index contributed by atoms with van der Waals surface area (Å²) in [6.07, 6.45) is 4.73. The average Bonchev–Trinajstić information content (AvgIpc) is 2.67. The highest BCUT2D eigenvalue weighted by Crippen LogP contribution is 2.24. The van der Waals surface area contributed by atoms with Gasteiger partial charge in [0.05, 0.1) is 10.9 Å². The third-order valence-corrected chi connectivity index (χ3v) is 5.55. The second-order valence-electron chi connectivity index (χ2n) is 7.68. The summed E-state index contributed by atoms with van der Waals surface area (Å²) in [5.74, 6) is 1.13. The minimum Gasteiger partial charge on any atom is -0.440 e. The smallest absolute Gasteiger partial charge is 0.199 e. The molecular formula is C22H26N4O2. The fourth-order valence-electron chi connectivity index (χ4n) is 3.77. The van der Waals surface area contributed by atoms with E-state index < -0.39 is 0 Å². The van der Waals surface area contributed by atoms with E-state index in [1.54, 1.807) is 0 Å². The lowest BCUT2D eigenvalue weighted by Crippen LogP contribution is -2.33. The summed E-state index contributed by atoms with van der Waals surface area (Å²) in [5.41, 5.74) is 11.6. The topological polar surface area (TPSA) is 85.2 Å². The van der Waals surface area contributed by atoms with E-state index in [1.807, 2.05) is 32.2 Å². The van der Waals surface area contributed by atoms with Gasteiger partial charge in [0, 0.05) is 49.9 Å². The zero-order valence-corrected chi connectivity index (χ0v) is 16.7. The summed E-state index contributed by atoms with van der Waals surface area (Å²) in [6.45, 7) is 8.14. The molecule has 0 bridgehead atoms. The Labute approximate surface area is 164 Å². The predicted octanol–water partition coefficient (Wildman–Crippen LogP) is 3.29. The number of aromatic nitrogens is 2. The highest BCUT2D eigenvalue weighted by Gasteiger charge is 2.22. The molecule has 0 radical (unpaired) electrons. The molecule has 0 amide bonds. The van der Waals surface area contributed by atoms with Crippen LogP contribution in [0.15, 0.2) is 27.5 Å². The lowest BCUT2D eigenvalue weighted by Gasteiger charge is -2.28. The van der Waals surface area contributed by atoms with E-state index in [4.69, 9.17) is 15.1 Å². The van der Waals surface area contributed by atoms with E-state index >= 15 is 0 Å². The molecule has 6 nitrogen and oxygen atoms in total. The summed E-state index contributed by atoms with van der Waals surface area (Å²) in [7, 11) is 0. The molecule has 2 aromatic heterocycles. The van der Waals surface area contributed by atoms with Crippen molar-refractivity contribution in [3.05, 3.63) is 62.3 Å². The van der Waals surface area contributed by atoms with Gasteiger partial charge in [0.1, 0.15) is 11.4 Å². The van der Waals surface area contributed by atoms with Crippen LogP contribution in [-0.4, -0.2) is 21.4 Å². The van der Waals surface area contributed by atoms with Crippen LogP contribution in [-0.2, 0) is 25.9 Å². The Hall–Kier alpha value is -2.73. The molecule has 0 saturated heterocycles. The largest absolute Gasteiger partial charge is 0.440 e. The molecule has 0 spiro atoms. The van der Waals surface area contributed by atoms with E-state index in [0.29, 0.717) is 29.6 Å². The number of fused-ring (bicyclic) bond motifs is 2. The molecule has 3 aromatic rings. The monoisotopic (exact) mass is 378 g/mol. The van der Waals surface area contributed by atoms with Crippen LogP contribution in [0.4, 0.5) is 5.88 Å². The molecule has 1 aliphatic heterocycles. The van der Waals surface area contributed by atoms with Crippen LogP contribution in [0.5, 0.6) is 0 Å². The lowest BCUT2D eigenvalue weighted by atomic mass is 10.0. The molecule has 0 fully saturated rings. The van der Waals surface area contributed by atoms with Gasteiger partial charge in [-0.3, -0.25) is 9.69 Å². The zero-order chi connectivity index (χ0) is 19.8. The Balaban J connectivity index is 1.62. The number of nitrogens with two attached hydrogens (primary N) is 1. The average molecular weight is 378 g/mol. The summed E-state index contributed by atoms with van der Waals surface area (Å²) in [4.78, 5) is 24.4. The van der Waals surface area contributed by atoms with Crippen molar-refractivity contribution >= 4 is 16.9 Å². The maximum absolute atomic E-state index is 13.1. The van der Waals surface area contributed by atoms with Crippen molar-refractivity contribution in [3.63, 3.8) is 0 Å². The van der Waals surface area contributed by atoms with Crippen molar-refractivity contribution in [2.75, 3.05) is 12.3 Å². The molecule has 28 heavy (non-hydrogen) atoms. The molecule has 0 aliphatic carbocycles. The molecule has 3 heterocycles. The van der Waals surface area contributed by atoms with Crippen LogP contribution >= 0.6 is 0 Å². The first-order chi connectivity index (χ1) is 13.5.